The molecule has 16 heteroatoms. The quantitative estimate of drug-likeness (QED) is 0.188. The van der Waals surface area contributed by atoms with Crippen molar-refractivity contribution >= 4 is 45.0 Å². The van der Waals surface area contributed by atoms with E-state index in [1.54, 1.807) is 20.8 Å². The summed E-state index contributed by atoms with van der Waals surface area (Å²) in [6.45, 7) is 9.19. The number of hydrogen-bond donors (Lipinski definition) is 2. The average molecular weight is 722 g/mol. The monoisotopic (exact) mass is 720 g/mol. The van der Waals surface area contributed by atoms with E-state index in [0.29, 0.717) is 17.7 Å². The van der Waals surface area contributed by atoms with E-state index in [0.717, 1.165) is 12.1 Å². The van der Waals surface area contributed by atoms with Gasteiger partial charge in [-0.2, -0.15) is 26.3 Å². The summed E-state index contributed by atoms with van der Waals surface area (Å²) < 4.78 is 119. The molecule has 0 aliphatic heterocycles. The highest BCUT2D eigenvalue weighted by atomic mass is 35.5. The Hall–Kier alpha value is -2.71. The average Bonchev–Trinajstić information content (AvgIpc) is 2.83. The number of nitrogens with one attached hydrogen (secondary N) is 2. The number of ether oxygens (including phenoxy) is 2. The van der Waals surface area contributed by atoms with E-state index in [2.05, 4.69) is 5.32 Å². The van der Waals surface area contributed by atoms with Crippen LogP contribution in [0.2, 0.25) is 10.0 Å². The summed E-state index contributed by atoms with van der Waals surface area (Å²) in [7, 11) is -4.18. The van der Waals surface area contributed by atoms with Gasteiger partial charge in [-0.3, -0.25) is 4.78 Å². The molecule has 0 saturated carbocycles. The number of hydrogen-bond acceptors (Lipinski definition) is 6. The number of halogens is 8. The molecule has 7 nitrogen and oxygen atoms in total. The minimum absolute atomic E-state index is 0.123. The summed E-state index contributed by atoms with van der Waals surface area (Å²) >= 11 is 12.0. The minimum Gasteiger partial charge on any atom is -0.458 e. The van der Waals surface area contributed by atoms with Crippen molar-refractivity contribution in [3.05, 3.63) is 58.1 Å². The van der Waals surface area contributed by atoms with Crippen molar-refractivity contribution in [1.29, 1.82) is 4.78 Å². The van der Waals surface area contributed by atoms with Gasteiger partial charge in [-0.15, -0.1) is 0 Å². The summed E-state index contributed by atoms with van der Waals surface area (Å²) in [6, 6.07) is 6.13. The standard InChI is InChI=1S/C30H36Cl2F6N2O5S/c1-26(2,3)44-24(41)23(40-25(42)45-27(4,5)6)13-15-46(39,43)16-14-28(29(33,34)35,30(36,37)38)19-9-7-18(8-10-19)21-12-11-20(31)17-22(21)32/h7-12,17,23,39H,13-16H2,1-6H3,(H,40,42)/t23-,46?/m0/s1. The zero-order chi connectivity index (χ0) is 35.5. The van der Waals surface area contributed by atoms with Crippen LogP contribution in [-0.2, 0) is 29.4 Å². The highest BCUT2D eigenvalue weighted by molar-refractivity contribution is 7.92. The lowest BCUT2D eigenvalue weighted by molar-refractivity contribution is -0.304. The van der Waals surface area contributed by atoms with Crippen LogP contribution in [0, 0.1) is 4.78 Å². The van der Waals surface area contributed by atoms with Crippen molar-refractivity contribution in [1.82, 2.24) is 5.32 Å². The van der Waals surface area contributed by atoms with Crippen molar-refractivity contribution < 1.29 is 49.6 Å². The zero-order valence-corrected chi connectivity index (χ0v) is 28.2. The minimum atomic E-state index is -5.91. The first-order chi connectivity index (χ1) is 20.7. The summed E-state index contributed by atoms with van der Waals surface area (Å²) in [5.41, 5.74) is -7.14. The number of alkyl carbamates (subject to hydrolysis) is 1. The van der Waals surface area contributed by atoms with Crippen LogP contribution in [0.5, 0.6) is 0 Å². The zero-order valence-electron chi connectivity index (χ0n) is 25.9. The smallest absolute Gasteiger partial charge is 0.408 e. The molecule has 0 fully saturated rings. The predicted molar refractivity (Wildman–Crippen MR) is 165 cm³/mol. The second kappa shape index (κ2) is 14.2. The van der Waals surface area contributed by atoms with Crippen molar-refractivity contribution in [2.24, 2.45) is 0 Å². The Morgan fingerprint density at radius 2 is 1.37 bits per heavy atom. The van der Waals surface area contributed by atoms with Crippen LogP contribution < -0.4 is 5.32 Å². The molecular weight excluding hydrogens is 685 g/mol. The largest absolute Gasteiger partial charge is 0.458 e. The van der Waals surface area contributed by atoms with Gasteiger partial charge in [0.15, 0.2) is 5.41 Å². The predicted octanol–water partition coefficient (Wildman–Crippen LogP) is 9.08. The van der Waals surface area contributed by atoms with E-state index in [9.17, 15) is 40.1 Å². The molecule has 0 bridgehead atoms. The molecule has 0 heterocycles. The van der Waals surface area contributed by atoms with Gasteiger partial charge in [0.2, 0.25) is 0 Å². The van der Waals surface area contributed by atoms with Crippen LogP contribution in [0.25, 0.3) is 11.1 Å². The summed E-state index contributed by atoms with van der Waals surface area (Å²) in [5, 5.41) is 2.62. The molecule has 0 radical (unpaired) electrons. The lowest BCUT2D eigenvalue weighted by Crippen LogP contribution is -2.55. The Labute approximate surface area is 274 Å². The summed E-state index contributed by atoms with van der Waals surface area (Å²) in [6.07, 6.45) is -15.2. The lowest BCUT2D eigenvalue weighted by atomic mass is 9.76. The van der Waals surface area contributed by atoms with Gasteiger partial charge in [0, 0.05) is 36.8 Å². The topological polar surface area (TPSA) is 106 Å². The van der Waals surface area contributed by atoms with Gasteiger partial charge in [-0.1, -0.05) is 53.5 Å². The van der Waals surface area contributed by atoms with Crippen LogP contribution in [-0.4, -0.2) is 57.4 Å². The van der Waals surface area contributed by atoms with Crippen LogP contribution in [0.3, 0.4) is 0 Å². The van der Waals surface area contributed by atoms with Gasteiger partial charge in [-0.25, -0.2) is 13.8 Å². The summed E-state index contributed by atoms with van der Waals surface area (Å²) in [5.74, 6) is -3.18. The number of alkyl halides is 6. The molecule has 0 saturated heterocycles. The van der Waals surface area contributed by atoms with Gasteiger partial charge in [0.05, 0.1) is 0 Å². The van der Waals surface area contributed by atoms with E-state index in [4.69, 9.17) is 37.5 Å². The SMILES string of the molecule is CC(C)(C)OC(=O)N[C@@H](CCS(=N)(=O)CCC(c1ccc(-c2ccc(Cl)cc2Cl)cc1)(C(F)(F)F)C(F)(F)F)C(=O)OC(C)(C)C. The van der Waals surface area contributed by atoms with Crippen molar-refractivity contribution in [2.75, 3.05) is 11.5 Å². The highest BCUT2D eigenvalue weighted by Gasteiger charge is 2.71. The number of carbonyl (C=O) groups excluding carboxylic acids is 2. The molecular formula is C30H36Cl2F6N2O5S. The van der Waals surface area contributed by atoms with Crippen LogP contribution in [0.15, 0.2) is 42.5 Å². The van der Waals surface area contributed by atoms with Crippen LogP contribution >= 0.6 is 23.2 Å². The molecule has 2 aromatic rings. The molecule has 2 atom stereocenters. The molecule has 0 spiro atoms. The molecule has 258 valence electrons. The first kappa shape index (κ1) is 39.5. The number of benzene rings is 2. The molecule has 1 amide bonds. The second-order valence-electron chi connectivity index (χ2n) is 12.6. The van der Waals surface area contributed by atoms with E-state index in [-0.39, 0.29) is 15.6 Å². The van der Waals surface area contributed by atoms with Gasteiger partial charge in [0.25, 0.3) is 0 Å². The number of rotatable bonds is 10. The Bertz CT molecular complexity index is 1490. The fourth-order valence-electron chi connectivity index (χ4n) is 4.37. The van der Waals surface area contributed by atoms with Crippen LogP contribution in [0.4, 0.5) is 31.1 Å². The Morgan fingerprint density at radius 1 is 0.848 bits per heavy atom. The van der Waals surface area contributed by atoms with Gasteiger partial charge >= 0.3 is 24.4 Å². The van der Waals surface area contributed by atoms with Gasteiger partial charge in [0.1, 0.15) is 17.2 Å². The maximum absolute atomic E-state index is 14.5. The molecule has 2 N–H and O–H groups in total. The van der Waals surface area contributed by atoms with E-state index < -0.39 is 86.7 Å². The molecule has 0 aliphatic carbocycles. The molecule has 0 aromatic heterocycles. The lowest BCUT2D eigenvalue weighted by Gasteiger charge is -2.38. The fourth-order valence-corrected chi connectivity index (χ4v) is 6.35. The third-order valence-corrected chi connectivity index (χ3v) is 8.82. The molecule has 2 aromatic carbocycles. The molecule has 0 aliphatic rings. The maximum Gasteiger partial charge on any atom is 0.408 e. The fraction of sp³-hybridized carbons (Fsp3) is 0.533. The summed E-state index contributed by atoms with van der Waals surface area (Å²) in [4.78, 5) is 25.1. The third kappa shape index (κ3) is 10.7. The second-order valence-corrected chi connectivity index (χ2v) is 15.9. The van der Waals surface area contributed by atoms with Crippen LogP contribution in [0.1, 0.15) is 59.9 Å². The third-order valence-electron chi connectivity index (χ3n) is 6.51. The maximum atomic E-state index is 14.5. The van der Waals surface area contributed by atoms with Crippen molar-refractivity contribution in [2.45, 2.75) is 89.4 Å². The van der Waals surface area contributed by atoms with Gasteiger partial charge < -0.3 is 14.8 Å². The molecule has 1 unspecified atom stereocenters. The van der Waals surface area contributed by atoms with Gasteiger partial charge in [-0.05, 0) is 77.6 Å². The Balaban J connectivity index is 2.40. The highest BCUT2D eigenvalue weighted by Crippen LogP contribution is 2.54. The van der Waals surface area contributed by atoms with E-state index >= 15 is 0 Å². The van der Waals surface area contributed by atoms with E-state index in [1.165, 1.54) is 39.0 Å². The number of esters is 1. The van der Waals surface area contributed by atoms with Crippen molar-refractivity contribution in [3.63, 3.8) is 0 Å². The molecule has 46 heavy (non-hydrogen) atoms. The normalized spacial score (nSPS) is 15.1. The van der Waals surface area contributed by atoms with Crippen molar-refractivity contribution in [3.8, 4) is 11.1 Å². The number of carbonyl (C=O) groups is 2. The molecule has 2 rings (SSSR count). The Morgan fingerprint density at radius 3 is 1.83 bits per heavy atom. The van der Waals surface area contributed by atoms with E-state index in [1.807, 2.05) is 0 Å². The number of amides is 1. The first-order valence-corrected chi connectivity index (χ1v) is 16.5. The first-order valence-electron chi connectivity index (χ1n) is 13.8. The Kier molecular flexibility index (Phi) is 12.2.